The predicted molar refractivity (Wildman–Crippen MR) is 117 cm³/mol. The zero-order chi connectivity index (χ0) is 21.0. The number of halogens is 1. The minimum Gasteiger partial charge on any atom is -0.462 e. The molecule has 0 unspecified atom stereocenters. The minimum absolute atomic E-state index is 0.313. The van der Waals surface area contributed by atoms with Gasteiger partial charge in [0, 0.05) is 59.9 Å². The van der Waals surface area contributed by atoms with Crippen LogP contribution in [0, 0.1) is 6.92 Å². The van der Waals surface area contributed by atoms with E-state index >= 15 is 0 Å². The van der Waals surface area contributed by atoms with Gasteiger partial charge in [0.2, 0.25) is 0 Å². The molecule has 0 saturated heterocycles. The number of carbonyl (C=O) groups excluding carboxylic acids is 1. The molecule has 0 amide bonds. The Balaban J connectivity index is 1.69. The van der Waals surface area contributed by atoms with E-state index in [1.54, 1.807) is 10.9 Å². The number of aromatic amines is 1. The van der Waals surface area contributed by atoms with E-state index in [0.29, 0.717) is 23.7 Å². The van der Waals surface area contributed by atoms with Crippen LogP contribution in [0.1, 0.15) is 34.2 Å². The summed E-state index contributed by atoms with van der Waals surface area (Å²) in [6.45, 7) is 5.50. The van der Waals surface area contributed by atoms with Gasteiger partial charge in [0.05, 0.1) is 23.4 Å². The highest BCUT2D eigenvalue weighted by Crippen LogP contribution is 2.37. The van der Waals surface area contributed by atoms with Crippen molar-refractivity contribution in [2.75, 3.05) is 18.1 Å². The van der Waals surface area contributed by atoms with Crippen LogP contribution in [0.4, 0.5) is 5.69 Å². The molecule has 7 nitrogen and oxygen atoms in total. The Labute approximate surface area is 178 Å². The van der Waals surface area contributed by atoms with E-state index in [9.17, 15) is 4.79 Å². The number of nitrogens with zero attached hydrogens (tertiary/aromatic N) is 4. The van der Waals surface area contributed by atoms with Gasteiger partial charge in [0.15, 0.2) is 5.65 Å². The monoisotopic (exact) mass is 423 g/mol. The fraction of sp³-hybridized carbons (Fsp3) is 0.318. The Hall–Kier alpha value is -3.06. The SMILES string of the molecule is CCOC(=O)c1cnc2c(c(C)nn2C)c1N1CCc2[nH]c3ccc(Cl)cc3c2C1. The highest BCUT2D eigenvalue weighted by atomic mass is 35.5. The van der Waals surface area contributed by atoms with Crippen molar-refractivity contribution in [2.24, 2.45) is 7.05 Å². The van der Waals surface area contributed by atoms with Crippen LogP contribution < -0.4 is 4.90 Å². The lowest BCUT2D eigenvalue weighted by atomic mass is 10.0. The summed E-state index contributed by atoms with van der Waals surface area (Å²) in [6, 6.07) is 5.91. The minimum atomic E-state index is -0.363. The number of esters is 1. The van der Waals surface area contributed by atoms with Crippen LogP contribution in [-0.4, -0.2) is 38.9 Å². The quantitative estimate of drug-likeness (QED) is 0.501. The number of aromatic nitrogens is 4. The third-order valence-electron chi connectivity index (χ3n) is 5.75. The highest BCUT2D eigenvalue weighted by molar-refractivity contribution is 6.31. The van der Waals surface area contributed by atoms with Gasteiger partial charge in [-0.25, -0.2) is 9.78 Å². The number of hydrogen-bond donors (Lipinski definition) is 1. The first kappa shape index (κ1) is 18.9. The van der Waals surface area contributed by atoms with Crippen molar-refractivity contribution in [1.29, 1.82) is 0 Å². The lowest BCUT2D eigenvalue weighted by molar-refractivity contribution is 0.0526. The standard InChI is InChI=1S/C22H22ClN5O2/c1-4-30-22(29)15-10-24-21-19(12(2)26-27(21)3)20(15)28-8-7-18-16(11-28)14-9-13(23)5-6-17(14)25-18/h5-6,9-10,25H,4,7-8,11H2,1-3H3. The maximum Gasteiger partial charge on any atom is 0.341 e. The number of H-pyrrole nitrogens is 1. The van der Waals surface area contributed by atoms with Gasteiger partial charge in [0.1, 0.15) is 5.56 Å². The van der Waals surface area contributed by atoms with Gasteiger partial charge in [-0.2, -0.15) is 5.10 Å². The molecule has 4 aromatic rings. The van der Waals surface area contributed by atoms with Crippen LogP contribution in [0.2, 0.25) is 5.02 Å². The number of pyridine rings is 1. The summed E-state index contributed by atoms with van der Waals surface area (Å²) in [5.74, 6) is -0.363. The molecule has 0 fully saturated rings. The lowest BCUT2D eigenvalue weighted by Crippen LogP contribution is -2.32. The first-order valence-corrected chi connectivity index (χ1v) is 10.4. The van der Waals surface area contributed by atoms with Crippen LogP contribution >= 0.6 is 11.6 Å². The van der Waals surface area contributed by atoms with Gasteiger partial charge in [-0.3, -0.25) is 4.68 Å². The normalized spacial score (nSPS) is 13.8. The van der Waals surface area contributed by atoms with Gasteiger partial charge in [-0.1, -0.05) is 11.6 Å². The predicted octanol–water partition coefficient (Wildman–Crippen LogP) is 4.15. The number of ether oxygens (including phenoxy) is 1. The second kappa shape index (κ2) is 7.02. The van der Waals surface area contributed by atoms with Crippen LogP contribution in [0.25, 0.3) is 21.9 Å². The first-order chi connectivity index (χ1) is 14.5. The number of aryl methyl sites for hydroxylation is 2. The first-order valence-electron chi connectivity index (χ1n) is 10.0. The number of hydrogen-bond acceptors (Lipinski definition) is 5. The molecule has 8 heteroatoms. The zero-order valence-electron chi connectivity index (χ0n) is 17.1. The Morgan fingerprint density at radius 2 is 2.20 bits per heavy atom. The number of nitrogens with one attached hydrogen (secondary N) is 1. The molecule has 0 spiro atoms. The van der Waals surface area contributed by atoms with Gasteiger partial charge in [0.25, 0.3) is 0 Å². The summed E-state index contributed by atoms with van der Waals surface area (Å²) < 4.78 is 7.09. The molecule has 1 aromatic carbocycles. The number of benzene rings is 1. The molecule has 0 aliphatic carbocycles. The molecule has 0 saturated carbocycles. The molecule has 30 heavy (non-hydrogen) atoms. The van der Waals surface area contributed by atoms with E-state index in [4.69, 9.17) is 16.3 Å². The van der Waals surface area contributed by atoms with Crippen molar-refractivity contribution in [3.05, 3.63) is 51.9 Å². The molecule has 0 bridgehead atoms. The topological polar surface area (TPSA) is 76.0 Å². The van der Waals surface area contributed by atoms with E-state index in [0.717, 1.165) is 46.3 Å². The van der Waals surface area contributed by atoms with E-state index in [2.05, 4.69) is 20.0 Å². The second-order valence-electron chi connectivity index (χ2n) is 7.59. The van der Waals surface area contributed by atoms with E-state index in [1.807, 2.05) is 39.1 Å². The van der Waals surface area contributed by atoms with Crippen molar-refractivity contribution in [3.63, 3.8) is 0 Å². The van der Waals surface area contributed by atoms with Crippen LogP contribution in [0.15, 0.2) is 24.4 Å². The molecule has 3 aromatic heterocycles. The van der Waals surface area contributed by atoms with Crippen molar-refractivity contribution in [1.82, 2.24) is 19.7 Å². The van der Waals surface area contributed by atoms with Gasteiger partial charge in [-0.15, -0.1) is 0 Å². The summed E-state index contributed by atoms with van der Waals surface area (Å²) in [5.41, 5.74) is 6.41. The zero-order valence-corrected chi connectivity index (χ0v) is 17.9. The van der Waals surface area contributed by atoms with Gasteiger partial charge in [-0.05, 0) is 32.0 Å². The van der Waals surface area contributed by atoms with Crippen LogP contribution in [0.3, 0.4) is 0 Å². The third-order valence-corrected chi connectivity index (χ3v) is 5.98. The Bertz CT molecular complexity index is 1310. The molecule has 154 valence electrons. The molecular weight excluding hydrogens is 402 g/mol. The maximum atomic E-state index is 12.8. The Morgan fingerprint density at radius 1 is 1.37 bits per heavy atom. The number of fused-ring (bicyclic) bond motifs is 4. The van der Waals surface area contributed by atoms with E-state index in [1.165, 1.54) is 11.3 Å². The summed E-state index contributed by atoms with van der Waals surface area (Å²) in [5, 5.41) is 7.26. The van der Waals surface area contributed by atoms with Gasteiger partial charge < -0.3 is 14.6 Å². The molecule has 1 aliphatic heterocycles. The summed E-state index contributed by atoms with van der Waals surface area (Å²) in [4.78, 5) is 23.0. The Kier molecular flexibility index (Phi) is 4.43. The molecule has 0 radical (unpaired) electrons. The molecule has 1 N–H and O–H groups in total. The van der Waals surface area contributed by atoms with E-state index in [-0.39, 0.29) is 5.97 Å². The van der Waals surface area contributed by atoms with Crippen LogP contribution in [0.5, 0.6) is 0 Å². The van der Waals surface area contributed by atoms with Crippen molar-refractivity contribution >= 4 is 45.2 Å². The lowest BCUT2D eigenvalue weighted by Gasteiger charge is -2.31. The average molecular weight is 424 g/mol. The highest BCUT2D eigenvalue weighted by Gasteiger charge is 2.28. The average Bonchev–Trinajstić information content (AvgIpc) is 3.23. The van der Waals surface area contributed by atoms with Crippen molar-refractivity contribution in [2.45, 2.75) is 26.8 Å². The third kappa shape index (κ3) is 2.84. The van der Waals surface area contributed by atoms with Crippen molar-refractivity contribution in [3.8, 4) is 0 Å². The van der Waals surface area contributed by atoms with E-state index < -0.39 is 0 Å². The fourth-order valence-electron chi connectivity index (χ4n) is 4.46. The summed E-state index contributed by atoms with van der Waals surface area (Å²) >= 11 is 6.27. The number of carbonyl (C=O) groups is 1. The molecule has 0 atom stereocenters. The largest absolute Gasteiger partial charge is 0.462 e. The van der Waals surface area contributed by atoms with Crippen molar-refractivity contribution < 1.29 is 9.53 Å². The molecular formula is C22H22ClN5O2. The molecule has 1 aliphatic rings. The number of rotatable bonds is 3. The smallest absolute Gasteiger partial charge is 0.341 e. The second-order valence-corrected chi connectivity index (χ2v) is 8.03. The maximum absolute atomic E-state index is 12.8. The fourth-order valence-corrected chi connectivity index (χ4v) is 4.63. The number of anilines is 1. The summed E-state index contributed by atoms with van der Waals surface area (Å²) in [6.07, 6.45) is 2.45. The molecule has 4 heterocycles. The van der Waals surface area contributed by atoms with Gasteiger partial charge >= 0.3 is 5.97 Å². The molecule has 5 rings (SSSR count). The summed E-state index contributed by atoms with van der Waals surface area (Å²) in [7, 11) is 1.87. The Morgan fingerprint density at radius 3 is 3.00 bits per heavy atom. The van der Waals surface area contributed by atoms with Crippen LogP contribution in [-0.2, 0) is 24.8 Å².